The van der Waals surface area contributed by atoms with Crippen molar-refractivity contribution in [3.8, 4) is 6.07 Å². The van der Waals surface area contributed by atoms with Crippen LogP contribution in [0.5, 0.6) is 0 Å². The Morgan fingerprint density at radius 3 is 2.90 bits per heavy atom. The standard InChI is InChI=1S/C16H18N4/c1-3-18-16-14(7-5-9-19-16)12-20(2)15-8-4-6-13(10-15)11-17/h4-10H,3,12H2,1-2H3,(H,18,19). The minimum atomic E-state index is 0.674. The Morgan fingerprint density at radius 1 is 1.30 bits per heavy atom. The van der Waals surface area contributed by atoms with Crippen LogP contribution < -0.4 is 10.2 Å². The van der Waals surface area contributed by atoms with Crippen LogP contribution in [-0.4, -0.2) is 18.6 Å². The van der Waals surface area contributed by atoms with E-state index in [2.05, 4.69) is 34.3 Å². The lowest BCUT2D eigenvalue weighted by Crippen LogP contribution is -2.18. The van der Waals surface area contributed by atoms with Crippen LogP contribution in [-0.2, 0) is 6.54 Å². The van der Waals surface area contributed by atoms with E-state index in [-0.39, 0.29) is 0 Å². The zero-order valence-corrected chi connectivity index (χ0v) is 11.8. The number of nitriles is 1. The van der Waals surface area contributed by atoms with Gasteiger partial charge < -0.3 is 10.2 Å². The lowest BCUT2D eigenvalue weighted by atomic mass is 10.2. The van der Waals surface area contributed by atoms with Crippen molar-refractivity contribution in [2.75, 3.05) is 23.8 Å². The highest BCUT2D eigenvalue weighted by atomic mass is 15.1. The number of nitrogens with one attached hydrogen (secondary N) is 1. The maximum Gasteiger partial charge on any atom is 0.130 e. The molecular weight excluding hydrogens is 248 g/mol. The second kappa shape index (κ2) is 6.58. The normalized spacial score (nSPS) is 9.85. The van der Waals surface area contributed by atoms with Crippen molar-refractivity contribution < 1.29 is 0 Å². The molecule has 102 valence electrons. The maximum absolute atomic E-state index is 8.96. The number of anilines is 2. The van der Waals surface area contributed by atoms with E-state index in [1.165, 1.54) is 0 Å². The maximum atomic E-state index is 8.96. The summed E-state index contributed by atoms with van der Waals surface area (Å²) in [5.74, 6) is 0.915. The highest BCUT2D eigenvalue weighted by Gasteiger charge is 2.07. The molecule has 1 N–H and O–H groups in total. The molecule has 4 nitrogen and oxygen atoms in total. The van der Waals surface area contributed by atoms with Gasteiger partial charge in [0, 0.05) is 37.6 Å². The van der Waals surface area contributed by atoms with E-state index in [0.717, 1.165) is 30.2 Å². The van der Waals surface area contributed by atoms with Gasteiger partial charge in [0.1, 0.15) is 5.82 Å². The van der Waals surface area contributed by atoms with Crippen LogP contribution in [0, 0.1) is 11.3 Å². The average molecular weight is 266 g/mol. The summed E-state index contributed by atoms with van der Waals surface area (Å²) < 4.78 is 0. The van der Waals surface area contributed by atoms with Crippen molar-refractivity contribution >= 4 is 11.5 Å². The Morgan fingerprint density at radius 2 is 2.15 bits per heavy atom. The molecule has 0 saturated heterocycles. The van der Waals surface area contributed by atoms with Gasteiger partial charge >= 0.3 is 0 Å². The van der Waals surface area contributed by atoms with Crippen LogP contribution >= 0.6 is 0 Å². The Kier molecular flexibility index (Phi) is 4.56. The molecule has 0 unspecified atom stereocenters. The van der Waals surface area contributed by atoms with Crippen LogP contribution in [0.25, 0.3) is 0 Å². The number of hydrogen-bond donors (Lipinski definition) is 1. The monoisotopic (exact) mass is 266 g/mol. The van der Waals surface area contributed by atoms with E-state index in [9.17, 15) is 0 Å². The van der Waals surface area contributed by atoms with Gasteiger partial charge in [-0.15, -0.1) is 0 Å². The van der Waals surface area contributed by atoms with Crippen LogP contribution in [0.4, 0.5) is 11.5 Å². The first-order valence-electron chi connectivity index (χ1n) is 6.63. The third-order valence-electron chi connectivity index (χ3n) is 3.06. The number of rotatable bonds is 5. The van der Waals surface area contributed by atoms with Crippen molar-refractivity contribution in [1.29, 1.82) is 5.26 Å². The highest BCUT2D eigenvalue weighted by Crippen LogP contribution is 2.19. The van der Waals surface area contributed by atoms with Crippen molar-refractivity contribution in [2.45, 2.75) is 13.5 Å². The topological polar surface area (TPSA) is 52.0 Å². The van der Waals surface area contributed by atoms with Crippen molar-refractivity contribution in [3.63, 3.8) is 0 Å². The number of benzene rings is 1. The molecule has 0 aliphatic rings. The van der Waals surface area contributed by atoms with Gasteiger partial charge in [-0.1, -0.05) is 12.1 Å². The molecule has 0 radical (unpaired) electrons. The fourth-order valence-corrected chi connectivity index (χ4v) is 2.05. The molecule has 1 aromatic carbocycles. The van der Waals surface area contributed by atoms with E-state index in [1.807, 2.05) is 37.4 Å². The summed E-state index contributed by atoms with van der Waals surface area (Å²) in [4.78, 5) is 6.47. The van der Waals surface area contributed by atoms with Crippen LogP contribution in [0.1, 0.15) is 18.1 Å². The lowest BCUT2D eigenvalue weighted by Gasteiger charge is -2.21. The molecule has 0 fully saturated rings. The molecular formula is C16H18N4. The molecule has 1 heterocycles. The Bertz CT molecular complexity index is 616. The zero-order valence-electron chi connectivity index (χ0n) is 11.8. The molecule has 2 aromatic rings. The van der Waals surface area contributed by atoms with Gasteiger partial charge in [0.2, 0.25) is 0 Å². The summed E-state index contributed by atoms with van der Waals surface area (Å²) in [6.45, 7) is 3.64. The lowest BCUT2D eigenvalue weighted by molar-refractivity contribution is 0.913. The Labute approximate surface area is 119 Å². The van der Waals surface area contributed by atoms with Crippen LogP contribution in [0.3, 0.4) is 0 Å². The molecule has 20 heavy (non-hydrogen) atoms. The predicted molar refractivity (Wildman–Crippen MR) is 81.7 cm³/mol. The summed E-state index contributed by atoms with van der Waals surface area (Å²) in [6.07, 6.45) is 1.79. The minimum Gasteiger partial charge on any atom is -0.370 e. The minimum absolute atomic E-state index is 0.674. The van der Waals surface area contributed by atoms with E-state index < -0.39 is 0 Å². The molecule has 2 rings (SSSR count). The first-order chi connectivity index (χ1) is 9.74. The fourth-order valence-electron chi connectivity index (χ4n) is 2.05. The molecule has 0 amide bonds. The quantitative estimate of drug-likeness (QED) is 0.903. The smallest absolute Gasteiger partial charge is 0.130 e. The summed E-state index contributed by atoms with van der Waals surface area (Å²) in [5, 5.41) is 12.2. The highest BCUT2D eigenvalue weighted by molar-refractivity contribution is 5.53. The third-order valence-corrected chi connectivity index (χ3v) is 3.06. The number of hydrogen-bond acceptors (Lipinski definition) is 4. The number of aromatic nitrogens is 1. The number of nitrogens with zero attached hydrogens (tertiary/aromatic N) is 3. The van der Waals surface area contributed by atoms with Crippen molar-refractivity contribution in [3.05, 3.63) is 53.7 Å². The summed E-state index contributed by atoms with van der Waals surface area (Å²) >= 11 is 0. The first kappa shape index (κ1) is 13.9. The molecule has 0 aliphatic heterocycles. The Balaban J connectivity index is 2.19. The molecule has 0 bridgehead atoms. The molecule has 0 aliphatic carbocycles. The predicted octanol–water partition coefficient (Wildman–Crippen LogP) is 3.02. The zero-order chi connectivity index (χ0) is 14.4. The Hall–Kier alpha value is -2.54. The van der Waals surface area contributed by atoms with E-state index in [0.29, 0.717) is 5.56 Å². The van der Waals surface area contributed by atoms with Gasteiger partial charge in [-0.3, -0.25) is 0 Å². The second-order valence-electron chi connectivity index (χ2n) is 4.56. The summed E-state index contributed by atoms with van der Waals surface area (Å²) in [6, 6.07) is 13.8. The first-order valence-corrected chi connectivity index (χ1v) is 6.63. The molecule has 0 atom stereocenters. The van der Waals surface area contributed by atoms with Gasteiger partial charge in [-0.2, -0.15) is 5.26 Å². The van der Waals surface area contributed by atoms with E-state index >= 15 is 0 Å². The van der Waals surface area contributed by atoms with E-state index in [1.54, 1.807) is 6.20 Å². The molecule has 4 heteroatoms. The van der Waals surface area contributed by atoms with Crippen molar-refractivity contribution in [1.82, 2.24) is 4.98 Å². The SMILES string of the molecule is CCNc1ncccc1CN(C)c1cccc(C#N)c1. The largest absolute Gasteiger partial charge is 0.370 e. The van der Waals surface area contributed by atoms with E-state index in [4.69, 9.17) is 5.26 Å². The third kappa shape index (κ3) is 3.27. The second-order valence-corrected chi connectivity index (χ2v) is 4.56. The fraction of sp³-hybridized carbons (Fsp3) is 0.250. The summed E-state index contributed by atoms with van der Waals surface area (Å²) in [5.41, 5.74) is 2.84. The van der Waals surface area contributed by atoms with Crippen molar-refractivity contribution in [2.24, 2.45) is 0 Å². The van der Waals surface area contributed by atoms with Crippen LogP contribution in [0.2, 0.25) is 0 Å². The average Bonchev–Trinajstić information content (AvgIpc) is 2.49. The van der Waals surface area contributed by atoms with Gasteiger partial charge in [-0.25, -0.2) is 4.98 Å². The van der Waals surface area contributed by atoms with Crippen LogP contribution in [0.15, 0.2) is 42.6 Å². The molecule has 0 saturated carbocycles. The van der Waals surface area contributed by atoms with Gasteiger partial charge in [0.05, 0.1) is 11.6 Å². The summed E-state index contributed by atoms with van der Waals surface area (Å²) in [7, 11) is 2.01. The molecule has 1 aromatic heterocycles. The van der Waals surface area contributed by atoms with Gasteiger partial charge in [0.25, 0.3) is 0 Å². The number of pyridine rings is 1. The van der Waals surface area contributed by atoms with Gasteiger partial charge in [-0.05, 0) is 31.2 Å². The molecule has 0 spiro atoms. The van der Waals surface area contributed by atoms with Gasteiger partial charge in [0.15, 0.2) is 0 Å².